The number of hydrogen-bond acceptors (Lipinski definition) is 5. The Morgan fingerprint density at radius 3 is 2.82 bits per heavy atom. The van der Waals surface area contributed by atoms with Crippen LogP contribution in [-0.4, -0.2) is 26.2 Å². The SMILES string of the molecule is Cc1noc(-c2ccnc(-c3cccc(CC(=O)O)c3)c2)n1. The lowest BCUT2D eigenvalue weighted by molar-refractivity contribution is -0.136. The van der Waals surface area contributed by atoms with E-state index in [1.807, 2.05) is 24.3 Å². The number of benzene rings is 1. The molecule has 6 heteroatoms. The second-order valence-electron chi connectivity index (χ2n) is 4.85. The zero-order valence-corrected chi connectivity index (χ0v) is 11.9. The van der Waals surface area contributed by atoms with Crippen LogP contribution in [0.15, 0.2) is 47.1 Å². The first-order valence-corrected chi connectivity index (χ1v) is 6.69. The summed E-state index contributed by atoms with van der Waals surface area (Å²) >= 11 is 0. The minimum Gasteiger partial charge on any atom is -0.481 e. The van der Waals surface area contributed by atoms with Crippen molar-refractivity contribution in [1.29, 1.82) is 0 Å². The molecule has 2 aromatic heterocycles. The van der Waals surface area contributed by atoms with Crippen LogP contribution in [0.5, 0.6) is 0 Å². The Bertz CT molecular complexity index is 827. The summed E-state index contributed by atoms with van der Waals surface area (Å²) in [5.74, 6) is 0.139. The second-order valence-corrected chi connectivity index (χ2v) is 4.85. The normalized spacial score (nSPS) is 10.6. The third-order valence-corrected chi connectivity index (χ3v) is 3.11. The van der Waals surface area contributed by atoms with Crippen LogP contribution in [0, 0.1) is 6.92 Å². The van der Waals surface area contributed by atoms with Gasteiger partial charge in [0.15, 0.2) is 5.82 Å². The van der Waals surface area contributed by atoms with Crippen molar-refractivity contribution in [2.45, 2.75) is 13.3 Å². The molecule has 6 nitrogen and oxygen atoms in total. The van der Waals surface area contributed by atoms with Crippen LogP contribution in [0.4, 0.5) is 0 Å². The van der Waals surface area contributed by atoms with Gasteiger partial charge < -0.3 is 9.63 Å². The zero-order valence-electron chi connectivity index (χ0n) is 11.9. The van der Waals surface area contributed by atoms with E-state index in [0.29, 0.717) is 11.7 Å². The van der Waals surface area contributed by atoms with Gasteiger partial charge in [0, 0.05) is 17.3 Å². The molecule has 2 heterocycles. The van der Waals surface area contributed by atoms with Crippen molar-refractivity contribution in [3.63, 3.8) is 0 Å². The van der Waals surface area contributed by atoms with Crippen molar-refractivity contribution in [2.24, 2.45) is 0 Å². The molecule has 0 aliphatic carbocycles. The first kappa shape index (κ1) is 13.9. The third kappa shape index (κ3) is 3.01. The van der Waals surface area contributed by atoms with Crippen LogP contribution in [-0.2, 0) is 11.2 Å². The third-order valence-electron chi connectivity index (χ3n) is 3.11. The molecule has 0 fully saturated rings. The summed E-state index contributed by atoms with van der Waals surface area (Å²) in [6.45, 7) is 1.75. The number of rotatable bonds is 4. The minimum absolute atomic E-state index is 0.0175. The number of hydrogen-bond donors (Lipinski definition) is 1. The Kier molecular flexibility index (Phi) is 3.65. The first-order valence-electron chi connectivity index (χ1n) is 6.69. The lowest BCUT2D eigenvalue weighted by atomic mass is 10.0. The standard InChI is InChI=1S/C16H13N3O3/c1-10-18-16(22-19-10)13-5-6-17-14(9-13)12-4-2-3-11(7-12)8-15(20)21/h2-7,9H,8H2,1H3,(H,20,21). The number of carboxylic acid groups (broad SMARTS) is 1. The van der Waals surface area contributed by atoms with Crippen molar-refractivity contribution >= 4 is 5.97 Å². The molecule has 3 aromatic rings. The van der Waals surface area contributed by atoms with Gasteiger partial charge in [0.1, 0.15) is 0 Å². The fraction of sp³-hybridized carbons (Fsp3) is 0.125. The molecule has 0 aliphatic heterocycles. The van der Waals surface area contributed by atoms with E-state index in [1.54, 1.807) is 25.3 Å². The molecule has 1 aromatic carbocycles. The van der Waals surface area contributed by atoms with Gasteiger partial charge in [0.2, 0.25) is 0 Å². The van der Waals surface area contributed by atoms with Gasteiger partial charge in [-0.15, -0.1) is 0 Å². The maximum absolute atomic E-state index is 10.8. The van der Waals surface area contributed by atoms with Crippen molar-refractivity contribution < 1.29 is 14.4 Å². The van der Waals surface area contributed by atoms with Gasteiger partial charge in [0.25, 0.3) is 5.89 Å². The van der Waals surface area contributed by atoms with E-state index in [2.05, 4.69) is 15.1 Å². The molecule has 0 bridgehead atoms. The lowest BCUT2D eigenvalue weighted by Crippen LogP contribution is -1.99. The Balaban J connectivity index is 1.97. The highest BCUT2D eigenvalue weighted by Crippen LogP contribution is 2.24. The molecular formula is C16H13N3O3. The lowest BCUT2D eigenvalue weighted by Gasteiger charge is -2.04. The number of carbonyl (C=O) groups is 1. The van der Waals surface area contributed by atoms with Crippen LogP contribution < -0.4 is 0 Å². The molecule has 0 unspecified atom stereocenters. The molecule has 1 N–H and O–H groups in total. The fourth-order valence-corrected chi connectivity index (χ4v) is 2.15. The highest BCUT2D eigenvalue weighted by molar-refractivity contribution is 5.72. The molecule has 110 valence electrons. The first-order chi connectivity index (χ1) is 10.6. The summed E-state index contributed by atoms with van der Waals surface area (Å²) in [6.07, 6.45) is 1.64. The quantitative estimate of drug-likeness (QED) is 0.796. The van der Waals surface area contributed by atoms with E-state index < -0.39 is 5.97 Å². The summed E-state index contributed by atoms with van der Waals surface area (Å²) in [6, 6.07) is 10.9. The van der Waals surface area contributed by atoms with Gasteiger partial charge >= 0.3 is 5.97 Å². The average Bonchev–Trinajstić information content (AvgIpc) is 2.94. The summed E-state index contributed by atoms with van der Waals surface area (Å²) < 4.78 is 5.15. The molecule has 0 atom stereocenters. The Hall–Kier alpha value is -3.02. The van der Waals surface area contributed by atoms with Crippen LogP contribution in [0.2, 0.25) is 0 Å². The number of aromatic nitrogens is 3. The van der Waals surface area contributed by atoms with Gasteiger partial charge in [-0.25, -0.2) is 0 Å². The molecule has 0 spiro atoms. The van der Waals surface area contributed by atoms with E-state index in [1.165, 1.54) is 0 Å². The predicted octanol–water partition coefficient (Wildman–Crippen LogP) is 2.73. The van der Waals surface area contributed by atoms with Crippen LogP contribution in [0.3, 0.4) is 0 Å². The van der Waals surface area contributed by atoms with E-state index in [4.69, 9.17) is 9.63 Å². The largest absolute Gasteiger partial charge is 0.481 e. The van der Waals surface area contributed by atoms with Crippen molar-refractivity contribution in [3.05, 3.63) is 54.0 Å². The smallest absolute Gasteiger partial charge is 0.307 e. The number of aliphatic carboxylic acids is 1. The van der Waals surface area contributed by atoms with Crippen LogP contribution >= 0.6 is 0 Å². The highest BCUT2D eigenvalue weighted by Gasteiger charge is 2.09. The topological polar surface area (TPSA) is 89.1 Å². The summed E-state index contributed by atoms with van der Waals surface area (Å²) in [4.78, 5) is 19.3. The van der Waals surface area contributed by atoms with Crippen molar-refractivity contribution in [3.8, 4) is 22.7 Å². The summed E-state index contributed by atoms with van der Waals surface area (Å²) in [5, 5.41) is 12.7. The summed E-state index contributed by atoms with van der Waals surface area (Å²) in [7, 11) is 0. The maximum Gasteiger partial charge on any atom is 0.307 e. The van der Waals surface area contributed by atoms with Gasteiger partial charge in [-0.05, 0) is 30.7 Å². The summed E-state index contributed by atoms with van der Waals surface area (Å²) in [5.41, 5.74) is 3.07. The molecule has 0 radical (unpaired) electrons. The van der Waals surface area contributed by atoms with Crippen LogP contribution in [0.25, 0.3) is 22.7 Å². The van der Waals surface area contributed by atoms with Gasteiger partial charge in [-0.3, -0.25) is 9.78 Å². The molecule has 22 heavy (non-hydrogen) atoms. The van der Waals surface area contributed by atoms with E-state index in [9.17, 15) is 4.79 Å². The Morgan fingerprint density at radius 2 is 2.09 bits per heavy atom. The molecule has 0 saturated carbocycles. The molecule has 3 rings (SSSR count). The maximum atomic E-state index is 10.8. The second kappa shape index (κ2) is 5.77. The van der Waals surface area contributed by atoms with Crippen molar-refractivity contribution in [1.82, 2.24) is 15.1 Å². The minimum atomic E-state index is -0.861. The monoisotopic (exact) mass is 295 g/mol. The average molecular weight is 295 g/mol. The van der Waals surface area contributed by atoms with Gasteiger partial charge in [-0.2, -0.15) is 4.98 Å². The number of carboxylic acids is 1. The zero-order chi connectivity index (χ0) is 15.5. The Morgan fingerprint density at radius 1 is 1.23 bits per heavy atom. The van der Waals surface area contributed by atoms with E-state index in [-0.39, 0.29) is 6.42 Å². The number of nitrogens with zero attached hydrogens (tertiary/aromatic N) is 3. The van der Waals surface area contributed by atoms with Gasteiger partial charge in [-0.1, -0.05) is 23.4 Å². The highest BCUT2D eigenvalue weighted by atomic mass is 16.5. The van der Waals surface area contributed by atoms with Crippen molar-refractivity contribution in [2.75, 3.05) is 0 Å². The van der Waals surface area contributed by atoms with Crippen LogP contribution in [0.1, 0.15) is 11.4 Å². The molecule has 0 amide bonds. The molecular weight excluding hydrogens is 282 g/mol. The van der Waals surface area contributed by atoms with E-state index >= 15 is 0 Å². The number of aryl methyl sites for hydroxylation is 1. The predicted molar refractivity (Wildman–Crippen MR) is 79.0 cm³/mol. The van der Waals surface area contributed by atoms with E-state index in [0.717, 1.165) is 22.4 Å². The van der Waals surface area contributed by atoms with Gasteiger partial charge in [0.05, 0.1) is 12.1 Å². The number of pyridine rings is 1. The Labute approximate surface area is 126 Å². The molecule has 0 saturated heterocycles. The fourth-order valence-electron chi connectivity index (χ4n) is 2.15. The molecule has 0 aliphatic rings.